The van der Waals surface area contributed by atoms with E-state index in [0.717, 1.165) is 12.0 Å². The summed E-state index contributed by atoms with van der Waals surface area (Å²) in [4.78, 5) is 0. The van der Waals surface area contributed by atoms with Crippen molar-refractivity contribution in [3.63, 3.8) is 0 Å². The molecule has 2 heteroatoms. The average molecular weight is 261 g/mol. The van der Waals surface area contributed by atoms with Gasteiger partial charge in [0.25, 0.3) is 0 Å². The Morgan fingerprint density at radius 3 is 2.42 bits per heavy atom. The Kier molecular flexibility index (Phi) is 3.88. The highest BCUT2D eigenvalue weighted by atomic mass is 19.1. The molecule has 1 aromatic carbocycles. The predicted octanol–water partition coefficient (Wildman–Crippen LogP) is 4.24. The van der Waals surface area contributed by atoms with Crippen LogP contribution < -0.4 is 5.32 Å². The van der Waals surface area contributed by atoms with E-state index in [1.54, 1.807) is 12.1 Å². The number of nitrogens with one attached hydrogen (secondary N) is 1. The van der Waals surface area contributed by atoms with Crippen LogP contribution in [-0.2, 0) is 0 Å². The molecule has 19 heavy (non-hydrogen) atoms. The number of halogens is 1. The monoisotopic (exact) mass is 261 g/mol. The van der Waals surface area contributed by atoms with Crippen LogP contribution in [0.15, 0.2) is 24.3 Å². The lowest BCUT2D eigenvalue weighted by Crippen LogP contribution is -2.48. The third-order valence-electron chi connectivity index (χ3n) is 5.04. The van der Waals surface area contributed by atoms with Crippen molar-refractivity contribution in [3.8, 4) is 0 Å². The second-order valence-electron chi connectivity index (χ2n) is 6.45. The minimum Gasteiger partial charge on any atom is -0.311 e. The van der Waals surface area contributed by atoms with Crippen molar-refractivity contribution in [2.75, 3.05) is 0 Å². The molecule has 104 valence electrons. The number of rotatable bonds is 3. The van der Waals surface area contributed by atoms with E-state index in [2.05, 4.69) is 12.2 Å². The Balaban J connectivity index is 1.48. The molecule has 2 saturated carbocycles. The summed E-state index contributed by atoms with van der Waals surface area (Å²) in [5.74, 6) is 1.34. The molecule has 2 fully saturated rings. The summed E-state index contributed by atoms with van der Waals surface area (Å²) in [5.41, 5.74) is 1.30. The molecule has 1 nitrogen and oxygen atoms in total. The lowest BCUT2D eigenvalue weighted by molar-refractivity contribution is 0.201. The van der Waals surface area contributed by atoms with Crippen LogP contribution in [0.25, 0.3) is 0 Å². The maximum atomic E-state index is 12.9. The van der Waals surface area contributed by atoms with Gasteiger partial charge in [-0.05, 0) is 55.2 Å². The van der Waals surface area contributed by atoms with Crippen molar-refractivity contribution in [1.29, 1.82) is 0 Å². The topological polar surface area (TPSA) is 12.0 Å². The standard InChI is InChI=1S/C17H24FN/c1-12-4-2-3-5-17(12)19-16-10-14(11-16)13-6-8-15(18)9-7-13/h6-9,12,14,16-17,19H,2-5,10-11H2,1H3. The van der Waals surface area contributed by atoms with Gasteiger partial charge in [0.2, 0.25) is 0 Å². The minimum atomic E-state index is -0.131. The molecule has 2 unspecified atom stereocenters. The van der Waals surface area contributed by atoms with Crippen LogP contribution in [-0.4, -0.2) is 12.1 Å². The zero-order valence-corrected chi connectivity index (χ0v) is 11.7. The first-order valence-electron chi connectivity index (χ1n) is 7.74. The fourth-order valence-electron chi connectivity index (χ4n) is 3.63. The Morgan fingerprint density at radius 2 is 1.74 bits per heavy atom. The third kappa shape index (κ3) is 3.00. The molecule has 0 amide bonds. The zero-order chi connectivity index (χ0) is 13.2. The Labute approximate surface area is 115 Å². The SMILES string of the molecule is CC1CCCCC1NC1CC(c2ccc(F)cc2)C1. The summed E-state index contributed by atoms with van der Waals surface area (Å²) in [7, 11) is 0. The van der Waals surface area contributed by atoms with E-state index in [-0.39, 0.29) is 5.82 Å². The summed E-state index contributed by atoms with van der Waals surface area (Å²) in [6.07, 6.45) is 7.95. The maximum absolute atomic E-state index is 12.9. The van der Waals surface area contributed by atoms with Crippen molar-refractivity contribution >= 4 is 0 Å². The van der Waals surface area contributed by atoms with Crippen LogP contribution in [0.4, 0.5) is 4.39 Å². The van der Waals surface area contributed by atoms with Crippen molar-refractivity contribution in [2.45, 2.75) is 63.5 Å². The van der Waals surface area contributed by atoms with Gasteiger partial charge in [0.15, 0.2) is 0 Å². The largest absolute Gasteiger partial charge is 0.311 e. The summed E-state index contributed by atoms with van der Waals surface area (Å²) in [6.45, 7) is 2.38. The van der Waals surface area contributed by atoms with Crippen LogP contribution in [0.5, 0.6) is 0 Å². The molecule has 0 radical (unpaired) electrons. The van der Waals surface area contributed by atoms with E-state index >= 15 is 0 Å². The molecule has 0 heterocycles. The van der Waals surface area contributed by atoms with Gasteiger partial charge < -0.3 is 5.32 Å². The van der Waals surface area contributed by atoms with Gasteiger partial charge in [-0.3, -0.25) is 0 Å². The normalized spacial score (nSPS) is 34.8. The van der Waals surface area contributed by atoms with Crippen molar-refractivity contribution in [2.24, 2.45) is 5.92 Å². The Bertz CT molecular complexity index is 408. The Hall–Kier alpha value is -0.890. The molecule has 1 aromatic rings. The van der Waals surface area contributed by atoms with E-state index < -0.39 is 0 Å². The van der Waals surface area contributed by atoms with Crippen LogP contribution in [0.1, 0.15) is 56.9 Å². The number of benzene rings is 1. The van der Waals surface area contributed by atoms with E-state index in [9.17, 15) is 4.39 Å². The van der Waals surface area contributed by atoms with Gasteiger partial charge in [-0.2, -0.15) is 0 Å². The van der Waals surface area contributed by atoms with Crippen molar-refractivity contribution in [3.05, 3.63) is 35.6 Å². The average Bonchev–Trinajstić information content (AvgIpc) is 2.37. The minimum absolute atomic E-state index is 0.131. The first-order valence-corrected chi connectivity index (χ1v) is 7.74. The zero-order valence-electron chi connectivity index (χ0n) is 11.7. The number of hydrogen-bond acceptors (Lipinski definition) is 1. The summed E-state index contributed by atoms with van der Waals surface area (Å²) in [5, 5.41) is 3.84. The molecule has 0 aliphatic heterocycles. The van der Waals surface area contributed by atoms with Crippen LogP contribution in [0, 0.1) is 11.7 Å². The molecule has 3 rings (SSSR count). The lowest BCUT2D eigenvalue weighted by atomic mass is 9.74. The van der Waals surface area contributed by atoms with Gasteiger partial charge in [0.1, 0.15) is 5.82 Å². The summed E-state index contributed by atoms with van der Waals surface area (Å²) < 4.78 is 12.9. The second kappa shape index (κ2) is 5.62. The highest BCUT2D eigenvalue weighted by Crippen LogP contribution is 2.38. The first-order chi connectivity index (χ1) is 9.22. The lowest BCUT2D eigenvalue weighted by Gasteiger charge is -2.41. The van der Waals surface area contributed by atoms with Crippen molar-refractivity contribution in [1.82, 2.24) is 5.32 Å². The number of hydrogen-bond donors (Lipinski definition) is 1. The first kappa shape index (κ1) is 13.1. The van der Waals surface area contributed by atoms with Crippen LogP contribution in [0.2, 0.25) is 0 Å². The molecule has 0 saturated heterocycles. The molecule has 1 N–H and O–H groups in total. The van der Waals surface area contributed by atoms with Crippen LogP contribution in [0.3, 0.4) is 0 Å². The van der Waals surface area contributed by atoms with Gasteiger partial charge in [-0.1, -0.05) is 31.9 Å². The van der Waals surface area contributed by atoms with Crippen molar-refractivity contribution < 1.29 is 4.39 Å². The van der Waals surface area contributed by atoms with E-state index in [1.807, 2.05) is 12.1 Å². The molecule has 0 spiro atoms. The van der Waals surface area contributed by atoms with Gasteiger partial charge in [-0.15, -0.1) is 0 Å². The van der Waals surface area contributed by atoms with Gasteiger partial charge in [0.05, 0.1) is 0 Å². The van der Waals surface area contributed by atoms with E-state index in [4.69, 9.17) is 0 Å². The Morgan fingerprint density at radius 1 is 1.05 bits per heavy atom. The fourth-order valence-corrected chi connectivity index (χ4v) is 3.63. The maximum Gasteiger partial charge on any atom is 0.123 e. The quantitative estimate of drug-likeness (QED) is 0.858. The molecule has 2 atom stereocenters. The molecule has 2 aliphatic rings. The molecular weight excluding hydrogens is 237 g/mol. The van der Waals surface area contributed by atoms with E-state index in [1.165, 1.54) is 44.1 Å². The summed E-state index contributed by atoms with van der Waals surface area (Å²) >= 11 is 0. The molecule has 0 bridgehead atoms. The molecular formula is C17H24FN. The molecule has 2 aliphatic carbocycles. The van der Waals surface area contributed by atoms with Gasteiger partial charge in [-0.25, -0.2) is 4.39 Å². The van der Waals surface area contributed by atoms with Crippen LogP contribution >= 0.6 is 0 Å². The highest BCUT2D eigenvalue weighted by molar-refractivity contribution is 5.23. The third-order valence-corrected chi connectivity index (χ3v) is 5.04. The van der Waals surface area contributed by atoms with Gasteiger partial charge >= 0.3 is 0 Å². The summed E-state index contributed by atoms with van der Waals surface area (Å²) in [6, 6.07) is 8.46. The second-order valence-corrected chi connectivity index (χ2v) is 6.45. The fraction of sp³-hybridized carbons (Fsp3) is 0.647. The highest BCUT2D eigenvalue weighted by Gasteiger charge is 2.33. The smallest absolute Gasteiger partial charge is 0.123 e. The van der Waals surface area contributed by atoms with Gasteiger partial charge in [0, 0.05) is 12.1 Å². The van der Waals surface area contributed by atoms with E-state index in [0.29, 0.717) is 12.0 Å². The predicted molar refractivity (Wildman–Crippen MR) is 76.7 cm³/mol. The molecule has 0 aromatic heterocycles.